The number of carbonyl (C=O) groups is 2. The molecule has 152 valence electrons. The van der Waals surface area contributed by atoms with Gasteiger partial charge in [-0.1, -0.05) is 48.5 Å². The molecule has 1 saturated heterocycles. The van der Waals surface area contributed by atoms with E-state index >= 15 is 0 Å². The number of hydrogen-bond acceptors (Lipinski definition) is 3. The molecular formula is C25H24N2O3. The molecule has 3 aromatic carbocycles. The molecule has 0 aromatic heterocycles. The van der Waals surface area contributed by atoms with Crippen LogP contribution in [0, 0.1) is 0 Å². The quantitative estimate of drug-likeness (QED) is 0.639. The molecule has 1 N–H and O–H groups in total. The van der Waals surface area contributed by atoms with Crippen molar-refractivity contribution in [1.82, 2.24) is 0 Å². The number of para-hydroxylation sites is 1. The number of carbonyl (C=O) groups excluding carboxylic acids is 2. The van der Waals surface area contributed by atoms with Gasteiger partial charge in [0.1, 0.15) is 5.75 Å². The standard InChI is InChI=1S/C25H24N2O3/c28-24(26-21-12-14-22(15-13-21)27-16-6-11-25(27)29)18-30-23-10-5-4-9-20(23)17-19-7-2-1-3-8-19/h1-5,7-10,12-15H,6,11,16-18H2,(H,26,28). The fraction of sp³-hybridized carbons (Fsp3) is 0.200. The highest BCUT2D eigenvalue weighted by molar-refractivity contribution is 5.96. The van der Waals surface area contributed by atoms with Gasteiger partial charge in [0.25, 0.3) is 5.91 Å². The van der Waals surface area contributed by atoms with Crippen LogP contribution in [0.15, 0.2) is 78.9 Å². The van der Waals surface area contributed by atoms with E-state index in [0.717, 1.165) is 30.6 Å². The van der Waals surface area contributed by atoms with E-state index in [0.29, 0.717) is 17.9 Å². The summed E-state index contributed by atoms with van der Waals surface area (Å²) in [6.45, 7) is 0.679. The Morgan fingerprint density at radius 1 is 0.933 bits per heavy atom. The van der Waals surface area contributed by atoms with Gasteiger partial charge in [-0.15, -0.1) is 0 Å². The van der Waals surface area contributed by atoms with E-state index in [-0.39, 0.29) is 18.4 Å². The number of anilines is 2. The highest BCUT2D eigenvalue weighted by Gasteiger charge is 2.21. The first-order valence-corrected chi connectivity index (χ1v) is 10.1. The van der Waals surface area contributed by atoms with Crippen molar-refractivity contribution in [3.63, 3.8) is 0 Å². The minimum Gasteiger partial charge on any atom is -0.483 e. The first kappa shape index (κ1) is 19.7. The Kier molecular flexibility index (Phi) is 6.09. The number of nitrogens with one attached hydrogen (secondary N) is 1. The Bertz CT molecular complexity index is 1020. The highest BCUT2D eigenvalue weighted by atomic mass is 16.5. The van der Waals surface area contributed by atoms with Crippen LogP contribution in [-0.2, 0) is 16.0 Å². The molecule has 0 atom stereocenters. The van der Waals surface area contributed by atoms with Crippen LogP contribution in [0.5, 0.6) is 5.75 Å². The van der Waals surface area contributed by atoms with E-state index < -0.39 is 0 Å². The minimum absolute atomic E-state index is 0.0713. The topological polar surface area (TPSA) is 58.6 Å². The van der Waals surface area contributed by atoms with Gasteiger partial charge in [0.15, 0.2) is 6.61 Å². The maximum absolute atomic E-state index is 12.3. The number of nitrogens with zero attached hydrogens (tertiary/aromatic N) is 1. The summed E-state index contributed by atoms with van der Waals surface area (Å²) in [5.74, 6) is 0.628. The monoisotopic (exact) mass is 400 g/mol. The fourth-order valence-corrected chi connectivity index (χ4v) is 3.59. The van der Waals surface area contributed by atoms with Gasteiger partial charge in [-0.2, -0.15) is 0 Å². The van der Waals surface area contributed by atoms with Crippen LogP contribution in [0.1, 0.15) is 24.0 Å². The molecule has 2 amide bonds. The average Bonchev–Trinajstić information content (AvgIpc) is 3.20. The lowest BCUT2D eigenvalue weighted by Crippen LogP contribution is -2.23. The maximum Gasteiger partial charge on any atom is 0.262 e. The van der Waals surface area contributed by atoms with Gasteiger partial charge >= 0.3 is 0 Å². The van der Waals surface area contributed by atoms with Crippen LogP contribution in [0.4, 0.5) is 11.4 Å². The smallest absolute Gasteiger partial charge is 0.262 e. The van der Waals surface area contributed by atoms with Gasteiger partial charge in [0.2, 0.25) is 5.91 Å². The summed E-state index contributed by atoms with van der Waals surface area (Å²) in [6.07, 6.45) is 2.23. The summed E-state index contributed by atoms with van der Waals surface area (Å²) in [5, 5.41) is 2.84. The van der Waals surface area contributed by atoms with Gasteiger partial charge in [-0.3, -0.25) is 9.59 Å². The number of amides is 2. The molecule has 1 fully saturated rings. The lowest BCUT2D eigenvalue weighted by molar-refractivity contribution is -0.118. The van der Waals surface area contributed by atoms with Crippen molar-refractivity contribution in [2.75, 3.05) is 23.4 Å². The van der Waals surface area contributed by atoms with Gasteiger partial charge in [0, 0.05) is 30.8 Å². The summed E-state index contributed by atoms with van der Waals surface area (Å²) in [6, 6.07) is 25.3. The molecule has 4 rings (SSSR count). The number of hydrogen-bond donors (Lipinski definition) is 1. The number of benzene rings is 3. The van der Waals surface area contributed by atoms with E-state index in [4.69, 9.17) is 4.74 Å². The zero-order valence-corrected chi connectivity index (χ0v) is 16.7. The number of ether oxygens (including phenoxy) is 1. The van der Waals surface area contributed by atoms with Crippen molar-refractivity contribution < 1.29 is 14.3 Å². The molecule has 3 aromatic rings. The summed E-state index contributed by atoms with van der Waals surface area (Å²) in [7, 11) is 0. The molecule has 0 spiro atoms. The van der Waals surface area contributed by atoms with Crippen LogP contribution >= 0.6 is 0 Å². The van der Waals surface area contributed by atoms with E-state index in [1.54, 1.807) is 4.90 Å². The molecule has 0 aliphatic carbocycles. The molecule has 1 aliphatic heterocycles. The van der Waals surface area contributed by atoms with Crippen molar-refractivity contribution in [3.05, 3.63) is 90.0 Å². The van der Waals surface area contributed by atoms with Crippen molar-refractivity contribution in [3.8, 4) is 5.75 Å². The van der Waals surface area contributed by atoms with E-state index in [2.05, 4.69) is 17.4 Å². The van der Waals surface area contributed by atoms with E-state index in [1.165, 1.54) is 5.56 Å². The van der Waals surface area contributed by atoms with E-state index in [9.17, 15) is 9.59 Å². The van der Waals surface area contributed by atoms with Crippen LogP contribution in [0.2, 0.25) is 0 Å². The first-order valence-electron chi connectivity index (χ1n) is 10.1. The second kappa shape index (κ2) is 9.27. The van der Waals surface area contributed by atoms with Crippen molar-refractivity contribution in [2.24, 2.45) is 0 Å². The van der Waals surface area contributed by atoms with Crippen LogP contribution in [0.3, 0.4) is 0 Å². The molecule has 30 heavy (non-hydrogen) atoms. The van der Waals surface area contributed by atoms with Gasteiger partial charge in [-0.05, 0) is 47.9 Å². The Morgan fingerprint density at radius 2 is 1.67 bits per heavy atom. The van der Waals surface area contributed by atoms with Gasteiger partial charge in [0.05, 0.1) is 0 Å². The van der Waals surface area contributed by atoms with Crippen molar-refractivity contribution >= 4 is 23.2 Å². The third kappa shape index (κ3) is 4.87. The second-order valence-electron chi connectivity index (χ2n) is 7.30. The SMILES string of the molecule is O=C(COc1ccccc1Cc1ccccc1)Nc1ccc(N2CCCC2=O)cc1. The predicted molar refractivity (Wildman–Crippen MR) is 118 cm³/mol. The Hall–Kier alpha value is -3.60. The van der Waals surface area contributed by atoms with Crippen molar-refractivity contribution in [1.29, 1.82) is 0 Å². The summed E-state index contributed by atoms with van der Waals surface area (Å²) >= 11 is 0. The van der Waals surface area contributed by atoms with Crippen LogP contribution in [0.25, 0.3) is 0 Å². The molecule has 0 radical (unpaired) electrons. The molecule has 0 unspecified atom stereocenters. The van der Waals surface area contributed by atoms with Crippen LogP contribution < -0.4 is 15.0 Å². The zero-order valence-electron chi connectivity index (χ0n) is 16.7. The normalized spacial score (nSPS) is 13.3. The third-order valence-electron chi connectivity index (χ3n) is 5.10. The van der Waals surface area contributed by atoms with Gasteiger partial charge in [-0.25, -0.2) is 0 Å². The second-order valence-corrected chi connectivity index (χ2v) is 7.30. The summed E-state index contributed by atoms with van der Waals surface area (Å²) in [5.41, 5.74) is 3.77. The lowest BCUT2D eigenvalue weighted by Gasteiger charge is -2.16. The Balaban J connectivity index is 1.33. The third-order valence-corrected chi connectivity index (χ3v) is 5.10. The molecule has 5 nitrogen and oxygen atoms in total. The van der Waals surface area contributed by atoms with Crippen LogP contribution in [-0.4, -0.2) is 25.0 Å². The fourth-order valence-electron chi connectivity index (χ4n) is 3.59. The largest absolute Gasteiger partial charge is 0.483 e. The summed E-state index contributed by atoms with van der Waals surface area (Å²) in [4.78, 5) is 26.0. The van der Waals surface area contributed by atoms with E-state index in [1.807, 2.05) is 66.7 Å². The molecule has 1 aliphatic rings. The van der Waals surface area contributed by atoms with Crippen molar-refractivity contribution in [2.45, 2.75) is 19.3 Å². The molecule has 0 bridgehead atoms. The number of rotatable bonds is 7. The predicted octanol–water partition coefficient (Wildman–Crippen LogP) is 4.42. The average molecular weight is 400 g/mol. The molecular weight excluding hydrogens is 376 g/mol. The molecule has 0 saturated carbocycles. The molecule has 5 heteroatoms. The lowest BCUT2D eigenvalue weighted by atomic mass is 10.0. The minimum atomic E-state index is -0.227. The zero-order chi connectivity index (χ0) is 20.8. The Morgan fingerprint density at radius 3 is 2.40 bits per heavy atom. The summed E-state index contributed by atoms with van der Waals surface area (Å²) < 4.78 is 5.80. The maximum atomic E-state index is 12.3. The molecule has 1 heterocycles. The highest BCUT2D eigenvalue weighted by Crippen LogP contribution is 2.24. The first-order chi connectivity index (χ1) is 14.7. The Labute approximate surface area is 176 Å². The van der Waals surface area contributed by atoms with Gasteiger partial charge < -0.3 is 15.0 Å².